The van der Waals surface area contributed by atoms with Gasteiger partial charge < -0.3 is 15.0 Å². The number of carbonyl (C=O) groups is 2. The Morgan fingerprint density at radius 1 is 0.894 bits per heavy atom. The fourth-order valence-electron chi connectivity index (χ4n) is 4.92. The topological polar surface area (TPSA) is 96.0 Å². The molecule has 0 aromatic heterocycles. The van der Waals surface area contributed by atoms with E-state index >= 15 is 0 Å². The van der Waals surface area contributed by atoms with Crippen LogP contribution in [-0.4, -0.2) is 51.4 Å². The van der Waals surface area contributed by atoms with Crippen LogP contribution in [0.2, 0.25) is 10.0 Å². The van der Waals surface area contributed by atoms with Crippen LogP contribution in [0.15, 0.2) is 102 Å². The first-order chi connectivity index (χ1) is 22.4. The molecule has 0 aliphatic heterocycles. The number of benzene rings is 4. The monoisotopic (exact) mass is 695 g/mol. The number of amides is 2. The van der Waals surface area contributed by atoms with Crippen molar-refractivity contribution in [3.63, 3.8) is 0 Å². The van der Waals surface area contributed by atoms with Gasteiger partial charge in [-0.05, 0) is 72.5 Å². The number of rotatable bonds is 14. The van der Waals surface area contributed by atoms with Gasteiger partial charge in [0, 0.05) is 29.6 Å². The van der Waals surface area contributed by atoms with E-state index in [9.17, 15) is 18.0 Å². The first-order valence-corrected chi connectivity index (χ1v) is 17.4. The number of sulfonamides is 1. The van der Waals surface area contributed by atoms with Crippen molar-refractivity contribution in [1.82, 2.24) is 10.2 Å². The van der Waals surface area contributed by atoms with E-state index in [1.807, 2.05) is 51.1 Å². The molecule has 248 valence electrons. The molecule has 0 heterocycles. The fourth-order valence-corrected chi connectivity index (χ4v) is 6.81. The lowest BCUT2D eigenvalue weighted by Crippen LogP contribution is -2.53. The average Bonchev–Trinajstić information content (AvgIpc) is 3.05. The van der Waals surface area contributed by atoms with Crippen molar-refractivity contribution in [1.29, 1.82) is 0 Å². The Hall–Kier alpha value is -4.05. The Morgan fingerprint density at radius 3 is 2.15 bits per heavy atom. The van der Waals surface area contributed by atoms with E-state index in [0.717, 1.165) is 15.4 Å². The summed E-state index contributed by atoms with van der Waals surface area (Å²) in [4.78, 5) is 29.9. The number of anilines is 1. The molecule has 4 aromatic rings. The molecule has 0 bridgehead atoms. The van der Waals surface area contributed by atoms with E-state index < -0.39 is 28.5 Å². The highest BCUT2D eigenvalue weighted by Crippen LogP contribution is 2.28. The van der Waals surface area contributed by atoms with E-state index in [2.05, 4.69) is 5.32 Å². The van der Waals surface area contributed by atoms with Crippen LogP contribution >= 0.6 is 23.2 Å². The molecule has 0 aliphatic rings. The van der Waals surface area contributed by atoms with Gasteiger partial charge in [0.25, 0.3) is 10.0 Å². The SMILES string of the molecule is COc1ccc(S(=O)(=O)N(CC(=O)N(Cc2ccc(Cl)cc2Cl)[C@H](Cc2ccccc2)C(=O)NCC(C)C)c2ccc(C)cc2)cc1. The predicted octanol–water partition coefficient (Wildman–Crippen LogP) is 6.92. The summed E-state index contributed by atoms with van der Waals surface area (Å²) in [7, 11) is -2.76. The fraction of sp³-hybridized carbons (Fsp3) is 0.278. The van der Waals surface area contributed by atoms with Crippen molar-refractivity contribution >= 4 is 50.7 Å². The number of ether oxygens (including phenoxy) is 1. The maximum atomic E-state index is 14.6. The molecule has 0 fully saturated rings. The molecule has 8 nitrogen and oxygen atoms in total. The molecule has 0 saturated heterocycles. The minimum atomic E-state index is -4.25. The molecule has 0 unspecified atom stereocenters. The molecule has 0 spiro atoms. The first kappa shape index (κ1) is 35.8. The Kier molecular flexibility index (Phi) is 12.3. The Balaban J connectivity index is 1.81. The second-order valence-electron chi connectivity index (χ2n) is 11.6. The van der Waals surface area contributed by atoms with Gasteiger partial charge >= 0.3 is 0 Å². The molecule has 0 radical (unpaired) electrons. The quantitative estimate of drug-likeness (QED) is 0.155. The van der Waals surface area contributed by atoms with Crippen molar-refractivity contribution in [2.45, 2.75) is 44.7 Å². The van der Waals surface area contributed by atoms with Crippen LogP contribution in [0, 0.1) is 12.8 Å². The molecule has 47 heavy (non-hydrogen) atoms. The first-order valence-electron chi connectivity index (χ1n) is 15.2. The van der Waals surface area contributed by atoms with Crippen molar-refractivity contribution in [2.75, 3.05) is 24.5 Å². The summed E-state index contributed by atoms with van der Waals surface area (Å²) in [5.74, 6) is -0.294. The van der Waals surface area contributed by atoms with Gasteiger partial charge in [-0.25, -0.2) is 8.42 Å². The van der Waals surface area contributed by atoms with E-state index in [-0.39, 0.29) is 29.7 Å². The van der Waals surface area contributed by atoms with Crippen LogP contribution in [0.3, 0.4) is 0 Å². The number of methoxy groups -OCH3 is 1. The minimum Gasteiger partial charge on any atom is -0.497 e. The standard InChI is InChI=1S/C36H39Cl2N3O5S/c1-25(2)22-39-36(43)34(20-27-8-6-5-7-9-27)40(23-28-12-13-29(37)21-33(28)38)35(42)24-41(30-14-10-26(3)11-15-30)47(44,45)32-18-16-31(46-4)17-19-32/h5-19,21,25,34H,20,22-24H2,1-4H3,(H,39,43)/t34-/m1/s1. The molecule has 4 aromatic carbocycles. The molecular weight excluding hydrogens is 657 g/mol. The molecule has 1 N–H and O–H groups in total. The summed E-state index contributed by atoms with van der Waals surface area (Å²) in [5, 5.41) is 3.71. The maximum absolute atomic E-state index is 14.6. The average molecular weight is 697 g/mol. The third kappa shape index (κ3) is 9.50. The van der Waals surface area contributed by atoms with Gasteiger partial charge in [-0.1, -0.05) is 91.1 Å². The molecular formula is C36H39Cl2N3O5S. The van der Waals surface area contributed by atoms with Crippen LogP contribution in [0.25, 0.3) is 0 Å². The summed E-state index contributed by atoms with van der Waals surface area (Å²) in [6.07, 6.45) is 0.192. The summed E-state index contributed by atoms with van der Waals surface area (Å²) in [6.45, 7) is 5.60. The zero-order valence-corrected chi connectivity index (χ0v) is 29.1. The number of nitrogens with zero attached hydrogens (tertiary/aromatic N) is 2. The Bertz CT molecular complexity index is 1770. The third-order valence-electron chi connectivity index (χ3n) is 7.56. The molecule has 0 saturated carbocycles. The molecule has 11 heteroatoms. The normalized spacial score (nSPS) is 12.0. The largest absolute Gasteiger partial charge is 0.497 e. The van der Waals surface area contributed by atoms with Gasteiger partial charge in [-0.2, -0.15) is 0 Å². The number of carbonyl (C=O) groups excluding carboxylic acids is 2. The summed E-state index contributed by atoms with van der Waals surface area (Å²) >= 11 is 12.8. The predicted molar refractivity (Wildman–Crippen MR) is 187 cm³/mol. The van der Waals surface area contributed by atoms with E-state index in [0.29, 0.717) is 33.6 Å². The smallest absolute Gasteiger partial charge is 0.264 e. The third-order valence-corrected chi connectivity index (χ3v) is 9.93. The van der Waals surface area contributed by atoms with Crippen LogP contribution < -0.4 is 14.4 Å². The summed E-state index contributed by atoms with van der Waals surface area (Å²) in [5.41, 5.74) is 2.61. The van der Waals surface area contributed by atoms with Crippen LogP contribution in [0.4, 0.5) is 5.69 Å². The van der Waals surface area contributed by atoms with Crippen LogP contribution in [0.1, 0.15) is 30.5 Å². The van der Waals surface area contributed by atoms with Gasteiger partial charge in [0.1, 0.15) is 18.3 Å². The van der Waals surface area contributed by atoms with Crippen molar-refractivity contribution < 1.29 is 22.7 Å². The van der Waals surface area contributed by atoms with Crippen molar-refractivity contribution in [2.24, 2.45) is 5.92 Å². The van der Waals surface area contributed by atoms with Gasteiger partial charge in [-0.3, -0.25) is 13.9 Å². The Morgan fingerprint density at radius 2 is 1.55 bits per heavy atom. The van der Waals surface area contributed by atoms with Gasteiger partial charge in [0.2, 0.25) is 11.8 Å². The second kappa shape index (κ2) is 16.2. The summed E-state index contributed by atoms with van der Waals surface area (Å²) < 4.78 is 34.7. The van der Waals surface area contributed by atoms with Gasteiger partial charge in [-0.15, -0.1) is 0 Å². The summed E-state index contributed by atoms with van der Waals surface area (Å²) in [6, 6.07) is 26.1. The van der Waals surface area contributed by atoms with Crippen molar-refractivity contribution in [3.8, 4) is 5.75 Å². The maximum Gasteiger partial charge on any atom is 0.264 e. The lowest BCUT2D eigenvalue weighted by atomic mass is 10.0. The second-order valence-corrected chi connectivity index (χ2v) is 14.3. The minimum absolute atomic E-state index is 0.0190. The molecule has 2 amide bonds. The molecule has 0 aliphatic carbocycles. The lowest BCUT2D eigenvalue weighted by molar-refractivity contribution is -0.140. The Labute approximate surface area is 287 Å². The highest BCUT2D eigenvalue weighted by molar-refractivity contribution is 7.92. The van der Waals surface area contributed by atoms with Gasteiger partial charge in [0.05, 0.1) is 17.7 Å². The number of halogens is 2. The highest BCUT2D eigenvalue weighted by atomic mass is 35.5. The van der Waals surface area contributed by atoms with Crippen molar-refractivity contribution in [3.05, 3.63) is 124 Å². The highest BCUT2D eigenvalue weighted by Gasteiger charge is 2.35. The molecule has 1 atom stereocenters. The number of hydrogen-bond acceptors (Lipinski definition) is 5. The lowest BCUT2D eigenvalue weighted by Gasteiger charge is -2.34. The molecule has 4 rings (SSSR count). The van der Waals surface area contributed by atoms with Crippen LogP contribution in [-0.2, 0) is 32.6 Å². The van der Waals surface area contributed by atoms with Gasteiger partial charge in [0.15, 0.2) is 0 Å². The number of nitrogens with one attached hydrogen (secondary N) is 1. The van der Waals surface area contributed by atoms with E-state index in [1.54, 1.807) is 54.6 Å². The number of aryl methyl sites for hydroxylation is 1. The van der Waals surface area contributed by atoms with E-state index in [4.69, 9.17) is 27.9 Å². The van der Waals surface area contributed by atoms with Crippen LogP contribution in [0.5, 0.6) is 5.75 Å². The zero-order chi connectivity index (χ0) is 34.1. The zero-order valence-electron chi connectivity index (χ0n) is 26.8. The number of hydrogen-bond donors (Lipinski definition) is 1. The van der Waals surface area contributed by atoms with E-state index in [1.165, 1.54) is 24.1 Å².